The fourth-order valence-corrected chi connectivity index (χ4v) is 4.64. The van der Waals surface area contributed by atoms with Gasteiger partial charge in [-0.05, 0) is 55.2 Å². The van der Waals surface area contributed by atoms with Crippen molar-refractivity contribution in [3.63, 3.8) is 0 Å². The summed E-state index contributed by atoms with van der Waals surface area (Å²) >= 11 is 0. The highest BCUT2D eigenvalue weighted by Gasteiger charge is 2.25. The fraction of sp³-hybridized carbons (Fsp3) is 0. The van der Waals surface area contributed by atoms with Crippen molar-refractivity contribution in [2.45, 2.75) is 0 Å². The second kappa shape index (κ2) is 7.34. The van der Waals surface area contributed by atoms with Gasteiger partial charge in [-0.25, -0.2) is 0 Å². The highest BCUT2D eigenvalue weighted by Crippen LogP contribution is 2.52. The van der Waals surface area contributed by atoms with Crippen LogP contribution < -0.4 is 0 Å². The van der Waals surface area contributed by atoms with Gasteiger partial charge in [0.15, 0.2) is 5.69 Å². The van der Waals surface area contributed by atoms with Crippen LogP contribution in [-0.2, 0) is 0 Å². The molecule has 6 nitrogen and oxygen atoms in total. The van der Waals surface area contributed by atoms with Gasteiger partial charge in [-0.1, -0.05) is 36.4 Å². The van der Waals surface area contributed by atoms with Gasteiger partial charge in [-0.15, -0.1) is 0 Å². The van der Waals surface area contributed by atoms with Crippen molar-refractivity contribution in [2.24, 2.45) is 0 Å². The number of hydrogen-bond acceptors (Lipinski definition) is 3. The Morgan fingerprint density at radius 3 is 1.76 bits per heavy atom. The lowest BCUT2D eigenvalue weighted by Gasteiger charge is -2.17. The smallest absolute Gasteiger partial charge is 0.202 e. The lowest BCUT2D eigenvalue weighted by atomic mass is 9.86. The molecule has 0 aliphatic rings. The van der Waals surface area contributed by atoms with Crippen LogP contribution in [0.2, 0.25) is 0 Å². The Bertz CT molecular complexity index is 2020. The van der Waals surface area contributed by atoms with Crippen molar-refractivity contribution in [1.82, 2.24) is 0 Å². The van der Waals surface area contributed by atoms with Crippen molar-refractivity contribution < 1.29 is 0 Å². The van der Waals surface area contributed by atoms with Crippen LogP contribution in [0.25, 0.3) is 57.6 Å². The normalized spacial score (nSPS) is 10.2. The summed E-state index contributed by atoms with van der Waals surface area (Å²) in [6.45, 7) is 23.1. The van der Waals surface area contributed by atoms with Gasteiger partial charge in [0.1, 0.15) is 12.1 Å². The van der Waals surface area contributed by atoms with Crippen molar-refractivity contribution in [1.29, 1.82) is 15.8 Å². The number of benzene rings is 5. The third-order valence-corrected chi connectivity index (χ3v) is 6.01. The summed E-state index contributed by atoms with van der Waals surface area (Å²) in [4.78, 5) is 10.5. The predicted molar refractivity (Wildman–Crippen MR) is 129 cm³/mol. The second-order valence-electron chi connectivity index (χ2n) is 7.49. The number of rotatable bonds is 0. The van der Waals surface area contributed by atoms with Gasteiger partial charge in [0, 0.05) is 0 Å². The lowest BCUT2D eigenvalue weighted by molar-refractivity contribution is 1.45. The molecule has 5 aromatic carbocycles. The molecule has 0 atom stereocenters. The van der Waals surface area contributed by atoms with E-state index in [1.54, 1.807) is 6.07 Å². The van der Waals surface area contributed by atoms with E-state index < -0.39 is 0 Å². The van der Waals surface area contributed by atoms with E-state index in [0.717, 1.165) is 16.2 Å². The molecule has 0 fully saturated rings. The molecule has 0 unspecified atom stereocenters. The average molecular weight is 428 g/mol. The minimum Gasteiger partial charge on any atom is -0.262 e. The molecular weight excluding hydrogens is 420 g/mol. The summed E-state index contributed by atoms with van der Waals surface area (Å²) < 4.78 is 0. The molecule has 5 aromatic rings. The van der Waals surface area contributed by atoms with Crippen LogP contribution in [-0.4, -0.2) is 0 Å². The molecule has 150 valence electrons. The summed E-state index contributed by atoms with van der Waals surface area (Å²) in [7, 11) is 0. The number of nitrogens with zero attached hydrogens (tertiary/aromatic N) is 6. The van der Waals surface area contributed by atoms with E-state index >= 15 is 0 Å². The molecule has 34 heavy (non-hydrogen) atoms. The maximum absolute atomic E-state index is 10.1. The topological polar surface area (TPSA) is 84.5 Å². The van der Waals surface area contributed by atoms with Gasteiger partial charge in [-0.3, -0.25) is 14.5 Å². The zero-order chi connectivity index (χ0) is 24.0. The number of nitriles is 3. The highest BCUT2D eigenvalue weighted by atomic mass is 14.8. The van der Waals surface area contributed by atoms with Crippen LogP contribution in [0.15, 0.2) is 48.5 Å². The zero-order valence-electron chi connectivity index (χ0n) is 17.3. The van der Waals surface area contributed by atoms with Crippen molar-refractivity contribution in [3.8, 4) is 18.2 Å². The van der Waals surface area contributed by atoms with Crippen LogP contribution in [0, 0.1) is 53.7 Å². The largest absolute Gasteiger partial charge is 0.262 e. The van der Waals surface area contributed by atoms with Crippen LogP contribution in [0.3, 0.4) is 0 Å². The van der Waals surface area contributed by atoms with Crippen LogP contribution in [0.4, 0.5) is 17.1 Å². The number of fused-ring (bicyclic) bond motifs is 8. The molecule has 0 radical (unpaired) electrons. The first-order valence-electron chi connectivity index (χ1n) is 9.91. The number of hydrogen-bond donors (Lipinski definition) is 0. The quantitative estimate of drug-likeness (QED) is 0.188. The van der Waals surface area contributed by atoms with Crippen LogP contribution >= 0.6 is 0 Å². The molecule has 0 aromatic heterocycles. The van der Waals surface area contributed by atoms with E-state index in [4.69, 9.17) is 19.7 Å². The SMILES string of the molecule is [C-]#[N+]c1c([N+]#[C-])c([N+]#[C-])c2c3ccc4ccccc4c3c3cc(C#N)c(C#N)cc3c2c1C#N. The van der Waals surface area contributed by atoms with Crippen molar-refractivity contribution >= 4 is 60.2 Å². The Morgan fingerprint density at radius 2 is 1.18 bits per heavy atom. The van der Waals surface area contributed by atoms with Crippen LogP contribution in [0.5, 0.6) is 0 Å². The van der Waals surface area contributed by atoms with Gasteiger partial charge in [0.25, 0.3) is 0 Å². The highest BCUT2D eigenvalue weighted by molar-refractivity contribution is 6.36. The first kappa shape index (κ1) is 20.0. The first-order valence-corrected chi connectivity index (χ1v) is 9.91. The Balaban J connectivity index is 2.33. The van der Waals surface area contributed by atoms with Gasteiger partial charge in [-0.2, -0.15) is 15.8 Å². The van der Waals surface area contributed by atoms with Gasteiger partial charge < -0.3 is 0 Å². The Labute approximate surface area is 193 Å². The Hall–Kier alpha value is -5.92. The summed E-state index contributed by atoms with van der Waals surface area (Å²) in [5, 5.41) is 34.5. The maximum atomic E-state index is 10.1. The molecule has 5 rings (SSSR count). The third-order valence-electron chi connectivity index (χ3n) is 6.01. The standard InChI is InChI=1S/C28H8N6/c1-32-26-22(14-31)24-21-11-17(13-30)16(12-29)10-20(21)23-18-7-5-4-6-15(18)8-9-19(23)25(24)27(33-2)28(26)34-3/h4-11H. The van der Waals surface area contributed by atoms with E-state index in [-0.39, 0.29) is 33.8 Å². The molecule has 0 saturated heterocycles. The molecule has 0 bridgehead atoms. The third kappa shape index (κ3) is 2.43. The molecule has 0 saturated carbocycles. The van der Waals surface area contributed by atoms with E-state index in [1.165, 1.54) is 6.07 Å². The van der Waals surface area contributed by atoms with Crippen molar-refractivity contribution in [3.05, 3.63) is 99.5 Å². The van der Waals surface area contributed by atoms with Crippen LogP contribution in [0.1, 0.15) is 16.7 Å². The summed E-state index contributed by atoms with van der Waals surface area (Å²) in [6, 6.07) is 20.7. The van der Waals surface area contributed by atoms with Crippen molar-refractivity contribution in [2.75, 3.05) is 0 Å². The summed E-state index contributed by atoms with van der Waals surface area (Å²) in [6.07, 6.45) is 0. The molecule has 6 heteroatoms. The molecular formula is C28H8N6. The Kier molecular flexibility index (Phi) is 4.32. The molecule has 0 spiro atoms. The predicted octanol–water partition coefficient (Wildman–Crippen LogP) is 7.57. The minimum atomic E-state index is -0.180. The molecule has 0 N–H and O–H groups in total. The molecule has 0 heterocycles. The minimum absolute atomic E-state index is 0.0000449. The van der Waals surface area contributed by atoms with Gasteiger partial charge >= 0.3 is 0 Å². The maximum Gasteiger partial charge on any atom is 0.202 e. The van der Waals surface area contributed by atoms with E-state index in [2.05, 4.69) is 26.7 Å². The van der Waals surface area contributed by atoms with E-state index in [0.29, 0.717) is 26.9 Å². The molecule has 0 aliphatic carbocycles. The zero-order valence-corrected chi connectivity index (χ0v) is 17.3. The Morgan fingerprint density at radius 1 is 0.559 bits per heavy atom. The summed E-state index contributed by atoms with van der Waals surface area (Å²) in [5.41, 5.74) is -0.0344. The summed E-state index contributed by atoms with van der Waals surface area (Å²) in [5.74, 6) is 0. The fourth-order valence-electron chi connectivity index (χ4n) is 4.64. The second-order valence-corrected chi connectivity index (χ2v) is 7.49. The lowest BCUT2D eigenvalue weighted by Crippen LogP contribution is -1.92. The van der Waals surface area contributed by atoms with Gasteiger partial charge in [0.2, 0.25) is 11.4 Å². The first-order chi connectivity index (χ1) is 16.6. The average Bonchev–Trinajstić information content (AvgIpc) is 2.89. The monoisotopic (exact) mass is 428 g/mol. The molecule has 0 amide bonds. The van der Waals surface area contributed by atoms with Gasteiger partial charge in [0.05, 0.1) is 42.5 Å². The van der Waals surface area contributed by atoms with E-state index in [9.17, 15) is 15.8 Å². The molecule has 0 aliphatic heterocycles. The van der Waals surface area contributed by atoms with E-state index in [1.807, 2.05) is 42.5 Å².